The van der Waals surface area contributed by atoms with Gasteiger partial charge in [-0.3, -0.25) is 0 Å². The van der Waals surface area contributed by atoms with Crippen molar-refractivity contribution in [2.24, 2.45) is 5.92 Å². The van der Waals surface area contributed by atoms with Gasteiger partial charge in [-0.05, 0) is 47.9 Å². The fourth-order valence-corrected chi connectivity index (χ4v) is 3.37. The second-order valence-corrected chi connectivity index (χ2v) is 7.58. The van der Waals surface area contributed by atoms with Gasteiger partial charge in [0.2, 0.25) is 0 Å². The maximum Gasteiger partial charge on any atom is 0.131 e. The summed E-state index contributed by atoms with van der Waals surface area (Å²) in [5.74, 6) is 2.95. The molecule has 30 heavy (non-hydrogen) atoms. The van der Waals surface area contributed by atoms with Crippen LogP contribution in [0.4, 0.5) is 0 Å². The second-order valence-electron chi connectivity index (χ2n) is 7.21. The maximum atomic E-state index is 6.27. The Balaban J connectivity index is 0.00000155. The monoisotopic (exact) mass is 426 g/mol. The molecule has 0 fully saturated rings. The van der Waals surface area contributed by atoms with Crippen molar-refractivity contribution in [2.75, 3.05) is 12.5 Å². The summed E-state index contributed by atoms with van der Waals surface area (Å²) < 4.78 is 12.3. The van der Waals surface area contributed by atoms with Crippen molar-refractivity contribution in [3.05, 3.63) is 77.4 Å². The van der Waals surface area contributed by atoms with E-state index in [2.05, 4.69) is 56.3 Å². The van der Waals surface area contributed by atoms with Gasteiger partial charge in [-0.25, -0.2) is 0 Å². The molecule has 0 saturated carbocycles. The lowest BCUT2D eigenvalue weighted by atomic mass is 9.92. The number of rotatable bonds is 9. The molecule has 2 aromatic carbocycles. The SMILES string of the molecule is CC.CCc1cc(C2=CCC(C)C=C2)c(OCc2ccccc2)cc1OCCCCl. The summed E-state index contributed by atoms with van der Waals surface area (Å²) in [6.07, 6.45) is 9.59. The van der Waals surface area contributed by atoms with Gasteiger partial charge in [0.1, 0.15) is 18.1 Å². The molecule has 2 nitrogen and oxygen atoms in total. The highest BCUT2D eigenvalue weighted by molar-refractivity contribution is 6.17. The summed E-state index contributed by atoms with van der Waals surface area (Å²) in [5.41, 5.74) is 4.72. The molecular formula is C27H35ClO2. The van der Waals surface area contributed by atoms with Gasteiger partial charge in [-0.2, -0.15) is 0 Å². The first-order valence-corrected chi connectivity index (χ1v) is 11.7. The summed E-state index contributed by atoms with van der Waals surface area (Å²) in [6, 6.07) is 14.5. The molecule has 0 amide bonds. The van der Waals surface area contributed by atoms with E-state index in [1.165, 1.54) is 11.1 Å². The number of aryl methyl sites for hydroxylation is 1. The van der Waals surface area contributed by atoms with Gasteiger partial charge in [0.25, 0.3) is 0 Å². The topological polar surface area (TPSA) is 18.5 Å². The second kappa shape index (κ2) is 13.2. The van der Waals surface area contributed by atoms with Gasteiger partial charge in [-0.15, -0.1) is 11.6 Å². The molecule has 1 aliphatic carbocycles. The Labute approximate surface area is 187 Å². The number of halogens is 1. The molecule has 162 valence electrons. The Kier molecular flexibility index (Phi) is 10.6. The minimum atomic E-state index is 0.536. The number of allylic oxidation sites excluding steroid dienone is 4. The normalized spacial score (nSPS) is 15.1. The molecule has 0 spiro atoms. The third-order valence-electron chi connectivity index (χ3n) is 4.94. The molecule has 0 N–H and O–H groups in total. The molecule has 0 aromatic heterocycles. The molecule has 3 heteroatoms. The molecule has 1 aliphatic rings. The zero-order chi connectivity index (χ0) is 21.8. The van der Waals surface area contributed by atoms with Crippen LogP contribution in [0.3, 0.4) is 0 Å². The van der Waals surface area contributed by atoms with Crippen LogP contribution in [0.15, 0.2) is 60.7 Å². The lowest BCUT2D eigenvalue weighted by Gasteiger charge is -2.20. The quantitative estimate of drug-likeness (QED) is 0.300. The van der Waals surface area contributed by atoms with Gasteiger partial charge in [0.05, 0.1) is 6.61 Å². The average molecular weight is 427 g/mol. The van der Waals surface area contributed by atoms with Crippen molar-refractivity contribution in [1.29, 1.82) is 0 Å². The number of benzene rings is 2. The summed E-state index contributed by atoms with van der Waals surface area (Å²) in [5, 5.41) is 0. The predicted molar refractivity (Wildman–Crippen MR) is 130 cm³/mol. The van der Waals surface area contributed by atoms with Gasteiger partial charge in [0, 0.05) is 17.5 Å². The van der Waals surface area contributed by atoms with E-state index in [1.807, 2.05) is 32.0 Å². The predicted octanol–water partition coefficient (Wildman–Crippen LogP) is 7.84. The van der Waals surface area contributed by atoms with Crippen LogP contribution in [0.1, 0.15) is 57.2 Å². The highest BCUT2D eigenvalue weighted by atomic mass is 35.5. The lowest BCUT2D eigenvalue weighted by Crippen LogP contribution is -2.05. The zero-order valence-corrected chi connectivity index (χ0v) is 19.5. The first-order chi connectivity index (χ1) is 14.7. The molecule has 0 heterocycles. The van der Waals surface area contributed by atoms with Crippen LogP contribution in [0.2, 0.25) is 0 Å². The van der Waals surface area contributed by atoms with Crippen LogP contribution in [0.25, 0.3) is 5.57 Å². The summed E-state index contributed by atoms with van der Waals surface area (Å²) in [6.45, 7) is 9.55. The fourth-order valence-electron chi connectivity index (χ4n) is 3.26. The first kappa shape index (κ1) is 24.1. The highest BCUT2D eigenvalue weighted by Crippen LogP contribution is 2.37. The molecule has 1 unspecified atom stereocenters. The van der Waals surface area contributed by atoms with Crippen LogP contribution in [-0.4, -0.2) is 12.5 Å². The van der Waals surface area contributed by atoms with Crippen molar-refractivity contribution in [3.63, 3.8) is 0 Å². The third-order valence-corrected chi connectivity index (χ3v) is 5.21. The Morgan fingerprint density at radius 1 is 1.03 bits per heavy atom. The molecular weight excluding hydrogens is 392 g/mol. The largest absolute Gasteiger partial charge is 0.493 e. The number of ether oxygens (including phenoxy) is 2. The summed E-state index contributed by atoms with van der Waals surface area (Å²) in [7, 11) is 0. The molecule has 2 aromatic rings. The minimum absolute atomic E-state index is 0.536. The Morgan fingerprint density at radius 3 is 2.43 bits per heavy atom. The van der Waals surface area contributed by atoms with Crippen LogP contribution in [-0.2, 0) is 13.0 Å². The summed E-state index contributed by atoms with van der Waals surface area (Å²) >= 11 is 5.81. The molecule has 0 bridgehead atoms. The number of hydrogen-bond donors (Lipinski definition) is 0. The first-order valence-electron chi connectivity index (χ1n) is 11.1. The maximum absolute atomic E-state index is 6.27. The third kappa shape index (κ3) is 6.95. The van der Waals surface area contributed by atoms with Gasteiger partial charge < -0.3 is 9.47 Å². The zero-order valence-electron chi connectivity index (χ0n) is 18.8. The molecule has 1 atom stereocenters. The van der Waals surface area contributed by atoms with E-state index in [0.717, 1.165) is 41.9 Å². The van der Waals surface area contributed by atoms with Crippen LogP contribution >= 0.6 is 11.6 Å². The minimum Gasteiger partial charge on any atom is -0.493 e. The van der Waals surface area contributed by atoms with Crippen molar-refractivity contribution >= 4 is 17.2 Å². The van der Waals surface area contributed by atoms with Crippen LogP contribution in [0.5, 0.6) is 11.5 Å². The molecule has 0 saturated heterocycles. The Bertz CT molecular complexity index is 824. The van der Waals surface area contributed by atoms with Crippen LogP contribution in [0, 0.1) is 5.92 Å². The summed E-state index contributed by atoms with van der Waals surface area (Å²) in [4.78, 5) is 0. The lowest BCUT2D eigenvalue weighted by molar-refractivity contribution is 0.293. The van der Waals surface area contributed by atoms with Gasteiger partial charge in [-0.1, -0.05) is 76.3 Å². The van der Waals surface area contributed by atoms with E-state index >= 15 is 0 Å². The van der Waals surface area contributed by atoms with Gasteiger partial charge in [0.15, 0.2) is 0 Å². The van der Waals surface area contributed by atoms with E-state index in [-0.39, 0.29) is 0 Å². The smallest absolute Gasteiger partial charge is 0.131 e. The Hall–Kier alpha value is -2.19. The van der Waals surface area contributed by atoms with Crippen molar-refractivity contribution in [2.45, 2.75) is 53.6 Å². The molecule has 0 aliphatic heterocycles. The number of hydrogen-bond acceptors (Lipinski definition) is 2. The van der Waals surface area contributed by atoms with E-state index in [1.54, 1.807) is 0 Å². The van der Waals surface area contributed by atoms with Crippen molar-refractivity contribution in [1.82, 2.24) is 0 Å². The number of alkyl halides is 1. The van der Waals surface area contributed by atoms with E-state index in [9.17, 15) is 0 Å². The average Bonchev–Trinajstić information content (AvgIpc) is 2.80. The fraction of sp³-hybridized carbons (Fsp3) is 0.407. The van der Waals surface area contributed by atoms with E-state index < -0.39 is 0 Å². The highest BCUT2D eigenvalue weighted by Gasteiger charge is 2.16. The standard InChI is InChI=1S/C25H29ClO2.C2H6/c1-3-21-16-23(22-12-10-19(2)11-13-22)25(17-24(21)27-15-7-14-26)28-18-20-8-5-4-6-9-20;1-2/h4-6,8-10,12-13,16-17,19H,3,7,11,14-15,18H2,1-2H3;1-2H3. The van der Waals surface area contributed by atoms with Crippen LogP contribution < -0.4 is 9.47 Å². The van der Waals surface area contributed by atoms with E-state index in [0.29, 0.717) is 25.0 Å². The van der Waals surface area contributed by atoms with E-state index in [4.69, 9.17) is 21.1 Å². The Morgan fingerprint density at radius 2 is 1.80 bits per heavy atom. The van der Waals surface area contributed by atoms with Gasteiger partial charge >= 0.3 is 0 Å². The van der Waals surface area contributed by atoms with Crippen molar-refractivity contribution in [3.8, 4) is 11.5 Å². The van der Waals surface area contributed by atoms with Crippen molar-refractivity contribution < 1.29 is 9.47 Å². The molecule has 3 rings (SSSR count). The molecule has 0 radical (unpaired) electrons.